The van der Waals surface area contributed by atoms with Gasteiger partial charge in [0.1, 0.15) is 5.54 Å². The number of hydrogen-bond donors (Lipinski definition) is 1. The molecule has 1 aliphatic rings. The Hall–Kier alpha value is -1.10. The first kappa shape index (κ1) is 31.9. The van der Waals surface area contributed by atoms with Crippen molar-refractivity contribution >= 4 is 11.9 Å². The number of ether oxygens (including phenoxy) is 1. The van der Waals surface area contributed by atoms with Crippen molar-refractivity contribution in [2.24, 2.45) is 0 Å². The summed E-state index contributed by atoms with van der Waals surface area (Å²) < 4.78 is 5.17. The average molecular weight is 495 g/mol. The fourth-order valence-corrected chi connectivity index (χ4v) is 6.06. The molecule has 0 unspecified atom stereocenters. The quantitative estimate of drug-likeness (QED) is 0.158. The molecule has 1 aliphatic heterocycles. The van der Waals surface area contributed by atoms with Crippen molar-refractivity contribution in [1.29, 1.82) is 0 Å². The molecule has 1 fully saturated rings. The highest BCUT2D eigenvalue weighted by Crippen LogP contribution is 2.43. The average Bonchev–Trinajstić information content (AvgIpc) is 2.79. The Bertz CT molecular complexity index is 597. The Balaban J connectivity index is 2.23. The van der Waals surface area contributed by atoms with Crippen LogP contribution in [-0.4, -0.2) is 47.6 Å². The maximum atomic E-state index is 12.9. The normalized spacial score (nSPS) is 18.8. The molecule has 1 amide bonds. The summed E-state index contributed by atoms with van der Waals surface area (Å²) >= 11 is 0. The summed E-state index contributed by atoms with van der Waals surface area (Å²) in [4.78, 5) is 28.0. The number of carbonyl (C=O) groups excluding carboxylic acids is 2. The molecule has 1 saturated heterocycles. The maximum Gasteiger partial charge on any atom is 0.331 e. The number of carbonyl (C=O) groups is 2. The lowest BCUT2D eigenvalue weighted by Crippen LogP contribution is -2.71. The van der Waals surface area contributed by atoms with Gasteiger partial charge in [-0.25, -0.2) is 4.79 Å². The van der Waals surface area contributed by atoms with E-state index in [9.17, 15) is 9.59 Å². The molecule has 0 aromatic rings. The van der Waals surface area contributed by atoms with Gasteiger partial charge in [0.25, 0.3) is 0 Å². The highest BCUT2D eigenvalue weighted by molar-refractivity contribution is 5.88. The van der Waals surface area contributed by atoms with E-state index in [-0.39, 0.29) is 23.0 Å². The Morgan fingerprint density at radius 3 is 1.46 bits per heavy atom. The smallest absolute Gasteiger partial charge is 0.331 e. The summed E-state index contributed by atoms with van der Waals surface area (Å²) in [5.74, 6) is -0.349. The summed E-state index contributed by atoms with van der Waals surface area (Å²) in [5.41, 5.74) is -1.41. The first-order valence-electron chi connectivity index (χ1n) is 14.6. The number of nitrogens with zero attached hydrogens (tertiary/aromatic N) is 1. The monoisotopic (exact) mass is 494 g/mol. The van der Waals surface area contributed by atoms with Crippen LogP contribution < -0.4 is 5.32 Å². The lowest BCUT2D eigenvalue weighted by Gasteiger charge is -2.57. The minimum atomic E-state index is -0.957. The highest BCUT2D eigenvalue weighted by atomic mass is 16.5. The summed E-state index contributed by atoms with van der Waals surface area (Å²) in [7, 11) is 3.52. The van der Waals surface area contributed by atoms with Crippen LogP contribution in [0.3, 0.4) is 0 Å². The molecule has 1 rings (SSSR count). The lowest BCUT2D eigenvalue weighted by molar-refractivity contribution is -0.161. The molecule has 0 aliphatic carbocycles. The van der Waals surface area contributed by atoms with Gasteiger partial charge in [0.15, 0.2) is 0 Å². The third kappa shape index (κ3) is 11.2. The van der Waals surface area contributed by atoms with E-state index in [1.807, 2.05) is 0 Å². The van der Waals surface area contributed by atoms with Crippen LogP contribution in [0.15, 0.2) is 0 Å². The molecule has 5 heteroatoms. The Kier molecular flexibility index (Phi) is 14.5. The molecule has 35 heavy (non-hydrogen) atoms. The van der Waals surface area contributed by atoms with E-state index in [1.165, 1.54) is 90.6 Å². The van der Waals surface area contributed by atoms with Gasteiger partial charge in [-0.1, -0.05) is 96.8 Å². The van der Waals surface area contributed by atoms with E-state index >= 15 is 0 Å². The molecule has 0 saturated carbocycles. The number of hydrogen-bond acceptors (Lipinski definition) is 4. The molecule has 0 spiro atoms. The zero-order valence-electron chi connectivity index (χ0n) is 24.4. The van der Waals surface area contributed by atoms with Gasteiger partial charge in [-0.15, -0.1) is 0 Å². The minimum absolute atomic E-state index is 0.0266. The molecule has 0 bridgehead atoms. The van der Waals surface area contributed by atoms with Crippen LogP contribution in [-0.2, 0) is 14.3 Å². The summed E-state index contributed by atoms with van der Waals surface area (Å²) in [6.07, 6.45) is 21.2. The first-order valence-corrected chi connectivity index (χ1v) is 14.6. The van der Waals surface area contributed by atoms with Gasteiger partial charge in [-0.3, -0.25) is 9.69 Å². The highest BCUT2D eigenvalue weighted by Gasteiger charge is 2.55. The van der Waals surface area contributed by atoms with Gasteiger partial charge < -0.3 is 10.1 Å². The largest absolute Gasteiger partial charge is 0.467 e. The van der Waals surface area contributed by atoms with Gasteiger partial charge in [0, 0.05) is 17.5 Å². The molecule has 1 N–H and O–H groups in total. The number of piperidine rings is 1. The third-order valence-electron chi connectivity index (χ3n) is 8.25. The Labute approximate surface area is 217 Å². The van der Waals surface area contributed by atoms with E-state index in [4.69, 9.17) is 4.74 Å². The number of methoxy groups -OCH3 is 1. The van der Waals surface area contributed by atoms with Crippen LogP contribution in [0.1, 0.15) is 150 Å². The van der Waals surface area contributed by atoms with Crippen LogP contribution in [0, 0.1) is 0 Å². The number of likely N-dealkylation sites (tertiary alicyclic amines) is 1. The second-order valence-corrected chi connectivity index (χ2v) is 12.4. The predicted molar refractivity (Wildman–Crippen MR) is 148 cm³/mol. The van der Waals surface area contributed by atoms with E-state index in [1.54, 1.807) is 0 Å². The summed E-state index contributed by atoms with van der Waals surface area (Å²) in [6, 6.07) is 0. The molecule has 0 aromatic carbocycles. The Morgan fingerprint density at radius 1 is 0.714 bits per heavy atom. The van der Waals surface area contributed by atoms with Crippen molar-refractivity contribution in [2.45, 2.75) is 167 Å². The predicted octanol–water partition coefficient (Wildman–Crippen LogP) is 7.56. The van der Waals surface area contributed by atoms with Crippen molar-refractivity contribution in [1.82, 2.24) is 10.2 Å². The number of nitrogens with one attached hydrogen (secondary N) is 1. The fourth-order valence-electron chi connectivity index (χ4n) is 6.06. The number of amides is 1. The standard InChI is InChI=1S/C30H58N2O3/c1-8-9-10-11-12-13-14-15-16-17-18-19-20-21-22-23-26(33)31-30(27(34)35-7)24-28(2,3)32(6)29(4,5)25-30/h8-25H2,1-7H3,(H,31,33). The molecule has 0 radical (unpaired) electrons. The molecular formula is C30H58N2O3. The minimum Gasteiger partial charge on any atom is -0.467 e. The van der Waals surface area contributed by atoms with Crippen molar-refractivity contribution < 1.29 is 14.3 Å². The first-order chi connectivity index (χ1) is 16.5. The third-order valence-corrected chi connectivity index (χ3v) is 8.25. The molecule has 0 aromatic heterocycles. The SMILES string of the molecule is CCCCCCCCCCCCCCCCCC(=O)NC1(C(=O)OC)CC(C)(C)N(C)C(C)(C)C1. The second-order valence-electron chi connectivity index (χ2n) is 12.4. The van der Waals surface area contributed by atoms with Gasteiger partial charge in [-0.2, -0.15) is 0 Å². The van der Waals surface area contributed by atoms with Gasteiger partial charge in [-0.05, 0) is 54.0 Å². The van der Waals surface area contributed by atoms with E-state index in [0.717, 1.165) is 12.8 Å². The van der Waals surface area contributed by atoms with Crippen molar-refractivity contribution in [3.63, 3.8) is 0 Å². The van der Waals surface area contributed by atoms with Crippen LogP contribution in [0.4, 0.5) is 0 Å². The van der Waals surface area contributed by atoms with E-state index in [2.05, 4.69) is 51.9 Å². The molecule has 5 nitrogen and oxygen atoms in total. The second kappa shape index (κ2) is 15.9. The molecule has 0 atom stereocenters. The maximum absolute atomic E-state index is 12.9. The molecule has 1 heterocycles. The van der Waals surface area contributed by atoms with Crippen LogP contribution in [0.2, 0.25) is 0 Å². The lowest BCUT2D eigenvalue weighted by atomic mass is 9.69. The van der Waals surface area contributed by atoms with Crippen molar-refractivity contribution in [2.75, 3.05) is 14.2 Å². The molecule has 206 valence electrons. The zero-order chi connectivity index (χ0) is 26.4. The number of unbranched alkanes of at least 4 members (excludes halogenated alkanes) is 14. The van der Waals surface area contributed by atoms with Gasteiger partial charge in [0.05, 0.1) is 7.11 Å². The zero-order valence-corrected chi connectivity index (χ0v) is 24.4. The van der Waals surface area contributed by atoms with E-state index in [0.29, 0.717) is 19.3 Å². The molecular weight excluding hydrogens is 436 g/mol. The van der Waals surface area contributed by atoms with Gasteiger partial charge >= 0.3 is 5.97 Å². The van der Waals surface area contributed by atoms with Gasteiger partial charge in [0.2, 0.25) is 5.91 Å². The summed E-state index contributed by atoms with van der Waals surface area (Å²) in [6.45, 7) is 10.8. The van der Waals surface area contributed by atoms with Crippen molar-refractivity contribution in [3.05, 3.63) is 0 Å². The number of esters is 1. The fraction of sp³-hybridized carbons (Fsp3) is 0.933. The van der Waals surface area contributed by atoms with Crippen LogP contribution in [0.5, 0.6) is 0 Å². The van der Waals surface area contributed by atoms with Crippen LogP contribution in [0.25, 0.3) is 0 Å². The van der Waals surface area contributed by atoms with Crippen LogP contribution >= 0.6 is 0 Å². The Morgan fingerprint density at radius 2 is 1.09 bits per heavy atom. The topological polar surface area (TPSA) is 58.6 Å². The van der Waals surface area contributed by atoms with E-state index < -0.39 is 5.54 Å². The number of rotatable bonds is 18. The summed E-state index contributed by atoms with van der Waals surface area (Å²) in [5, 5.41) is 3.12. The van der Waals surface area contributed by atoms with Crippen molar-refractivity contribution in [3.8, 4) is 0 Å².